The number of aromatic nitrogens is 2. The van der Waals surface area contributed by atoms with Gasteiger partial charge in [-0.05, 0) is 21.5 Å². The lowest BCUT2D eigenvalue weighted by Crippen LogP contribution is -2.07. The van der Waals surface area contributed by atoms with Crippen LogP contribution in [0.4, 0.5) is 0 Å². The highest BCUT2D eigenvalue weighted by molar-refractivity contribution is 9.10. The van der Waals surface area contributed by atoms with Gasteiger partial charge in [0.05, 0.1) is 16.7 Å². The Bertz CT molecular complexity index is 448. The van der Waals surface area contributed by atoms with Gasteiger partial charge in [0.1, 0.15) is 0 Å². The number of benzene rings is 1. The molecule has 0 saturated heterocycles. The molecule has 2 rings (SSSR count). The van der Waals surface area contributed by atoms with Gasteiger partial charge < -0.3 is 0 Å². The smallest absolute Gasteiger partial charge is 0.0947 e. The van der Waals surface area contributed by atoms with Crippen LogP contribution >= 0.6 is 15.9 Å². The molecule has 0 aliphatic heterocycles. The van der Waals surface area contributed by atoms with Crippen molar-refractivity contribution >= 4 is 15.9 Å². The van der Waals surface area contributed by atoms with Crippen LogP contribution < -0.4 is 0 Å². The summed E-state index contributed by atoms with van der Waals surface area (Å²) in [5.74, 6) is 0. The standard InChI is InChI=1S/C12H11BrN2/c1-2-12(10-6-4-3-5-7-10)15-9-11(13)8-14-15/h2-9,12H,1H2/t12-/m1/s1. The molecule has 3 heteroatoms. The van der Waals surface area contributed by atoms with Crippen LogP contribution in [0.2, 0.25) is 0 Å². The predicted molar refractivity (Wildman–Crippen MR) is 64.7 cm³/mol. The van der Waals surface area contributed by atoms with Gasteiger partial charge in [0, 0.05) is 6.20 Å². The van der Waals surface area contributed by atoms with E-state index in [0.717, 1.165) is 4.47 Å². The Hall–Kier alpha value is -1.35. The van der Waals surface area contributed by atoms with E-state index in [4.69, 9.17) is 0 Å². The minimum absolute atomic E-state index is 0.0949. The molecule has 0 aliphatic rings. The second kappa shape index (κ2) is 4.45. The topological polar surface area (TPSA) is 17.8 Å². The van der Waals surface area contributed by atoms with E-state index in [9.17, 15) is 0 Å². The Labute approximate surface area is 97.4 Å². The van der Waals surface area contributed by atoms with E-state index in [-0.39, 0.29) is 6.04 Å². The summed E-state index contributed by atoms with van der Waals surface area (Å²) >= 11 is 3.38. The maximum absolute atomic E-state index is 4.26. The van der Waals surface area contributed by atoms with Crippen LogP contribution in [-0.4, -0.2) is 9.78 Å². The van der Waals surface area contributed by atoms with E-state index in [0.29, 0.717) is 0 Å². The fraction of sp³-hybridized carbons (Fsp3) is 0.0833. The molecule has 76 valence electrons. The zero-order chi connectivity index (χ0) is 10.7. The molecule has 0 saturated carbocycles. The molecule has 0 bridgehead atoms. The first kappa shape index (κ1) is 10.2. The van der Waals surface area contributed by atoms with Crippen LogP contribution in [0, 0.1) is 0 Å². The van der Waals surface area contributed by atoms with Crippen molar-refractivity contribution in [3.05, 3.63) is 65.4 Å². The quantitative estimate of drug-likeness (QED) is 0.776. The van der Waals surface area contributed by atoms with Gasteiger partial charge in [-0.1, -0.05) is 36.4 Å². The summed E-state index contributed by atoms with van der Waals surface area (Å²) in [6.07, 6.45) is 5.60. The molecule has 1 aromatic carbocycles. The Morgan fingerprint density at radius 1 is 1.33 bits per heavy atom. The van der Waals surface area contributed by atoms with Crippen molar-refractivity contribution in [2.24, 2.45) is 0 Å². The molecular formula is C12H11BrN2. The minimum atomic E-state index is 0.0949. The summed E-state index contributed by atoms with van der Waals surface area (Å²) in [7, 11) is 0. The number of hydrogen-bond donors (Lipinski definition) is 0. The fourth-order valence-electron chi connectivity index (χ4n) is 1.51. The molecule has 15 heavy (non-hydrogen) atoms. The van der Waals surface area contributed by atoms with Gasteiger partial charge in [0.2, 0.25) is 0 Å². The molecule has 1 aromatic heterocycles. The van der Waals surface area contributed by atoms with Gasteiger partial charge in [0.15, 0.2) is 0 Å². The molecule has 0 amide bonds. The van der Waals surface area contributed by atoms with E-state index in [2.05, 4.69) is 39.7 Å². The maximum atomic E-state index is 4.26. The van der Waals surface area contributed by atoms with E-state index in [1.54, 1.807) is 6.20 Å². The molecule has 0 radical (unpaired) electrons. The molecular weight excluding hydrogens is 252 g/mol. The summed E-state index contributed by atoms with van der Waals surface area (Å²) in [5.41, 5.74) is 1.18. The van der Waals surface area contributed by atoms with Crippen molar-refractivity contribution < 1.29 is 0 Å². The van der Waals surface area contributed by atoms with Crippen molar-refractivity contribution in [1.29, 1.82) is 0 Å². The van der Waals surface area contributed by atoms with E-state index in [1.807, 2.05) is 35.2 Å². The Balaban J connectivity index is 2.37. The maximum Gasteiger partial charge on any atom is 0.0947 e. The van der Waals surface area contributed by atoms with Gasteiger partial charge in [0.25, 0.3) is 0 Å². The molecule has 2 aromatic rings. The lowest BCUT2D eigenvalue weighted by molar-refractivity contribution is 0.612. The lowest BCUT2D eigenvalue weighted by atomic mass is 10.1. The predicted octanol–water partition coefficient (Wildman–Crippen LogP) is 3.42. The third-order valence-corrected chi connectivity index (χ3v) is 2.63. The first-order chi connectivity index (χ1) is 7.31. The highest BCUT2D eigenvalue weighted by Crippen LogP contribution is 2.20. The number of rotatable bonds is 3. The molecule has 1 heterocycles. The zero-order valence-electron chi connectivity index (χ0n) is 8.18. The van der Waals surface area contributed by atoms with Crippen molar-refractivity contribution in [2.45, 2.75) is 6.04 Å². The second-order valence-corrected chi connectivity index (χ2v) is 4.15. The molecule has 0 fully saturated rings. The van der Waals surface area contributed by atoms with Gasteiger partial charge in [-0.3, -0.25) is 4.68 Å². The average Bonchev–Trinajstić information content (AvgIpc) is 2.68. The van der Waals surface area contributed by atoms with Gasteiger partial charge in [-0.15, -0.1) is 6.58 Å². The average molecular weight is 263 g/mol. The number of nitrogens with zero attached hydrogens (tertiary/aromatic N) is 2. The van der Waals surface area contributed by atoms with Crippen molar-refractivity contribution in [3.63, 3.8) is 0 Å². The van der Waals surface area contributed by atoms with Crippen molar-refractivity contribution in [1.82, 2.24) is 9.78 Å². The van der Waals surface area contributed by atoms with Crippen LogP contribution in [0.5, 0.6) is 0 Å². The monoisotopic (exact) mass is 262 g/mol. The molecule has 0 N–H and O–H groups in total. The largest absolute Gasteiger partial charge is 0.260 e. The van der Waals surface area contributed by atoms with E-state index >= 15 is 0 Å². The first-order valence-electron chi connectivity index (χ1n) is 4.68. The number of hydrogen-bond acceptors (Lipinski definition) is 1. The van der Waals surface area contributed by atoms with E-state index < -0.39 is 0 Å². The summed E-state index contributed by atoms with van der Waals surface area (Å²) in [5, 5.41) is 4.26. The van der Waals surface area contributed by atoms with Crippen LogP contribution in [0.25, 0.3) is 0 Å². The zero-order valence-corrected chi connectivity index (χ0v) is 9.76. The fourth-order valence-corrected chi connectivity index (χ4v) is 1.82. The summed E-state index contributed by atoms with van der Waals surface area (Å²) in [4.78, 5) is 0. The Kier molecular flexibility index (Phi) is 3.02. The molecule has 0 spiro atoms. The molecule has 0 unspecified atom stereocenters. The second-order valence-electron chi connectivity index (χ2n) is 3.23. The molecule has 2 nitrogen and oxygen atoms in total. The van der Waals surface area contributed by atoms with Crippen LogP contribution in [0.1, 0.15) is 11.6 Å². The van der Waals surface area contributed by atoms with Crippen LogP contribution in [0.15, 0.2) is 59.9 Å². The Morgan fingerprint density at radius 2 is 2.07 bits per heavy atom. The first-order valence-corrected chi connectivity index (χ1v) is 5.47. The highest BCUT2D eigenvalue weighted by atomic mass is 79.9. The third kappa shape index (κ3) is 2.18. The summed E-state index contributed by atoms with van der Waals surface area (Å²) in [6.45, 7) is 3.85. The van der Waals surface area contributed by atoms with Gasteiger partial charge in [-0.25, -0.2) is 0 Å². The van der Waals surface area contributed by atoms with Gasteiger partial charge >= 0.3 is 0 Å². The van der Waals surface area contributed by atoms with Crippen LogP contribution in [0.3, 0.4) is 0 Å². The summed E-state index contributed by atoms with van der Waals surface area (Å²) < 4.78 is 2.86. The third-order valence-electron chi connectivity index (χ3n) is 2.22. The lowest BCUT2D eigenvalue weighted by Gasteiger charge is -2.13. The number of allylic oxidation sites excluding steroid dienone is 1. The molecule has 1 atom stereocenters. The van der Waals surface area contributed by atoms with Crippen molar-refractivity contribution in [2.75, 3.05) is 0 Å². The SMILES string of the molecule is C=C[C@H](c1ccccc1)n1cc(Br)cn1. The van der Waals surface area contributed by atoms with Gasteiger partial charge in [-0.2, -0.15) is 5.10 Å². The minimum Gasteiger partial charge on any atom is -0.260 e. The van der Waals surface area contributed by atoms with E-state index in [1.165, 1.54) is 5.56 Å². The summed E-state index contributed by atoms with van der Waals surface area (Å²) in [6, 6.07) is 10.3. The highest BCUT2D eigenvalue weighted by Gasteiger charge is 2.09. The normalized spacial score (nSPS) is 12.3. The Morgan fingerprint density at radius 3 is 2.60 bits per heavy atom. The van der Waals surface area contributed by atoms with Crippen LogP contribution in [-0.2, 0) is 0 Å². The number of halogens is 1. The van der Waals surface area contributed by atoms with Crippen molar-refractivity contribution in [3.8, 4) is 0 Å². The molecule has 0 aliphatic carbocycles.